The fraction of sp³-hybridized carbons (Fsp3) is 0.304. The summed E-state index contributed by atoms with van der Waals surface area (Å²) in [5.74, 6) is -0.00614. The predicted octanol–water partition coefficient (Wildman–Crippen LogP) is 3.69. The van der Waals surface area contributed by atoms with Crippen LogP contribution in [0, 0.1) is 0 Å². The van der Waals surface area contributed by atoms with Crippen molar-refractivity contribution in [3.8, 4) is 0 Å². The van der Waals surface area contributed by atoms with E-state index < -0.39 is 0 Å². The standard InChI is InChI=1S/C22H22ClN3O2.CH2O2/c23-21-19-13-17(7-8-18(19)22(28)25-24-21)20(27)12-15-5-4-6-16(11-15)14-26-9-2-1-3-10-26;2-1-3/h4-8,11,13H,1-3,9-10,12,14H2,(H,25,28);1H,(H,2,3). The molecule has 31 heavy (non-hydrogen) atoms. The lowest BCUT2D eigenvalue weighted by molar-refractivity contribution is -0.122. The van der Waals surface area contributed by atoms with Crippen molar-refractivity contribution in [2.24, 2.45) is 0 Å². The molecule has 1 fully saturated rings. The third-order valence-corrected chi connectivity index (χ3v) is 5.56. The Kier molecular flexibility index (Phi) is 7.92. The van der Waals surface area contributed by atoms with Crippen LogP contribution < -0.4 is 5.56 Å². The van der Waals surface area contributed by atoms with Crippen LogP contribution in [0.1, 0.15) is 40.7 Å². The smallest absolute Gasteiger partial charge is 0.290 e. The number of nitrogens with zero attached hydrogens (tertiary/aromatic N) is 2. The number of carboxylic acid groups (broad SMARTS) is 1. The van der Waals surface area contributed by atoms with Crippen LogP contribution in [-0.4, -0.2) is 45.5 Å². The number of Topliss-reactive ketones (excluding diaryl/α,β-unsaturated/α-hetero) is 1. The first-order valence-electron chi connectivity index (χ1n) is 10.1. The number of hydrogen-bond donors (Lipinski definition) is 2. The Morgan fingerprint density at radius 3 is 2.55 bits per heavy atom. The van der Waals surface area contributed by atoms with Crippen molar-refractivity contribution in [1.29, 1.82) is 0 Å². The van der Waals surface area contributed by atoms with E-state index in [2.05, 4.69) is 27.2 Å². The monoisotopic (exact) mass is 441 g/mol. The number of rotatable bonds is 5. The Morgan fingerprint density at radius 1 is 1.10 bits per heavy atom. The zero-order chi connectivity index (χ0) is 22.2. The third kappa shape index (κ3) is 5.99. The molecule has 4 rings (SSSR count). The number of aromatic amines is 1. The summed E-state index contributed by atoms with van der Waals surface area (Å²) in [4.78, 5) is 35.5. The first-order valence-corrected chi connectivity index (χ1v) is 10.5. The van der Waals surface area contributed by atoms with Crippen LogP contribution in [0.4, 0.5) is 0 Å². The Morgan fingerprint density at radius 2 is 1.81 bits per heavy atom. The predicted molar refractivity (Wildman–Crippen MR) is 120 cm³/mol. The summed E-state index contributed by atoms with van der Waals surface area (Å²) in [7, 11) is 0. The lowest BCUT2D eigenvalue weighted by Gasteiger charge is -2.26. The molecule has 2 N–H and O–H groups in total. The third-order valence-electron chi connectivity index (χ3n) is 5.27. The van der Waals surface area contributed by atoms with E-state index in [1.54, 1.807) is 18.2 Å². The van der Waals surface area contributed by atoms with Gasteiger partial charge in [-0.2, -0.15) is 5.10 Å². The molecule has 0 radical (unpaired) electrons. The summed E-state index contributed by atoms with van der Waals surface area (Å²) in [6.07, 6.45) is 4.16. The minimum absolute atomic E-state index is 0.00614. The van der Waals surface area contributed by atoms with Gasteiger partial charge in [0, 0.05) is 23.9 Å². The van der Waals surface area contributed by atoms with Gasteiger partial charge in [0.15, 0.2) is 10.9 Å². The van der Waals surface area contributed by atoms with Gasteiger partial charge in [0.25, 0.3) is 12.0 Å². The van der Waals surface area contributed by atoms with Crippen molar-refractivity contribution in [3.05, 3.63) is 74.7 Å². The Labute approximate surface area is 184 Å². The molecule has 2 heterocycles. The van der Waals surface area contributed by atoms with Crippen LogP contribution in [0.5, 0.6) is 0 Å². The molecule has 7 nitrogen and oxygen atoms in total. The number of halogens is 1. The number of hydrogen-bond acceptors (Lipinski definition) is 5. The highest BCUT2D eigenvalue weighted by atomic mass is 35.5. The maximum absolute atomic E-state index is 12.8. The molecule has 2 aromatic carbocycles. The second-order valence-electron chi connectivity index (χ2n) is 7.47. The van der Waals surface area contributed by atoms with Gasteiger partial charge in [-0.25, -0.2) is 5.10 Å². The van der Waals surface area contributed by atoms with Crippen molar-refractivity contribution in [2.75, 3.05) is 13.1 Å². The van der Waals surface area contributed by atoms with Gasteiger partial charge in [0.2, 0.25) is 0 Å². The Hall–Kier alpha value is -3.03. The number of likely N-dealkylation sites (tertiary alicyclic amines) is 1. The van der Waals surface area contributed by atoms with E-state index in [4.69, 9.17) is 21.5 Å². The molecule has 1 aliphatic rings. The number of nitrogens with one attached hydrogen (secondary N) is 1. The van der Waals surface area contributed by atoms with Gasteiger partial charge in [-0.15, -0.1) is 0 Å². The van der Waals surface area contributed by atoms with Gasteiger partial charge in [-0.1, -0.05) is 48.4 Å². The molecular formula is C23H24ClN3O4. The summed E-state index contributed by atoms with van der Waals surface area (Å²) in [5.41, 5.74) is 2.45. The topological polar surface area (TPSA) is 103 Å². The molecule has 0 spiro atoms. The molecule has 3 aromatic rings. The molecule has 1 aromatic heterocycles. The lowest BCUT2D eigenvalue weighted by atomic mass is 9.99. The van der Waals surface area contributed by atoms with Crippen molar-refractivity contribution in [3.63, 3.8) is 0 Å². The van der Waals surface area contributed by atoms with E-state index in [9.17, 15) is 9.59 Å². The minimum atomic E-state index is -0.316. The number of fused-ring (bicyclic) bond motifs is 1. The van der Waals surface area contributed by atoms with Gasteiger partial charge in [0.1, 0.15) is 0 Å². The number of benzene rings is 2. The van der Waals surface area contributed by atoms with E-state index in [1.165, 1.54) is 24.8 Å². The number of carbonyl (C=O) groups excluding carboxylic acids is 1. The number of H-pyrrole nitrogens is 1. The molecule has 8 heteroatoms. The highest BCUT2D eigenvalue weighted by Crippen LogP contribution is 2.21. The van der Waals surface area contributed by atoms with Gasteiger partial charge < -0.3 is 5.11 Å². The quantitative estimate of drug-likeness (QED) is 0.462. The second kappa shape index (κ2) is 10.8. The molecule has 0 atom stereocenters. The van der Waals surface area contributed by atoms with E-state index in [1.807, 2.05) is 12.1 Å². The van der Waals surface area contributed by atoms with E-state index in [-0.39, 0.29) is 23.0 Å². The molecule has 1 aliphatic heterocycles. The largest absolute Gasteiger partial charge is 0.483 e. The van der Waals surface area contributed by atoms with Crippen molar-refractivity contribution < 1.29 is 14.7 Å². The molecule has 0 saturated carbocycles. The van der Waals surface area contributed by atoms with Gasteiger partial charge >= 0.3 is 0 Å². The zero-order valence-corrected chi connectivity index (χ0v) is 17.8. The maximum atomic E-state index is 12.8. The first kappa shape index (κ1) is 22.7. The normalized spacial score (nSPS) is 14.0. The Balaban J connectivity index is 0.000000858. The van der Waals surface area contributed by atoms with Crippen molar-refractivity contribution >= 4 is 34.6 Å². The summed E-state index contributed by atoms with van der Waals surface area (Å²) < 4.78 is 0. The number of piperidine rings is 1. The van der Waals surface area contributed by atoms with Crippen LogP contribution in [0.3, 0.4) is 0 Å². The average Bonchev–Trinajstić information content (AvgIpc) is 2.78. The van der Waals surface area contributed by atoms with Crippen LogP contribution >= 0.6 is 11.6 Å². The fourth-order valence-corrected chi connectivity index (χ4v) is 4.01. The van der Waals surface area contributed by atoms with Crippen LogP contribution in [-0.2, 0) is 17.8 Å². The molecule has 0 bridgehead atoms. The molecule has 162 valence electrons. The summed E-state index contributed by atoms with van der Waals surface area (Å²) in [6, 6.07) is 13.2. The average molecular weight is 442 g/mol. The van der Waals surface area contributed by atoms with Crippen LogP contribution in [0.2, 0.25) is 5.15 Å². The molecule has 0 aliphatic carbocycles. The number of ketones is 1. The first-order chi connectivity index (χ1) is 15.0. The number of carbonyl (C=O) groups is 2. The maximum Gasteiger partial charge on any atom is 0.290 e. The highest BCUT2D eigenvalue weighted by Gasteiger charge is 2.13. The van der Waals surface area contributed by atoms with Gasteiger partial charge in [-0.05, 0) is 49.2 Å². The SMILES string of the molecule is O=C(Cc1cccc(CN2CCCCC2)c1)c1ccc2c(=O)[nH]nc(Cl)c2c1.O=CO. The van der Waals surface area contributed by atoms with Crippen LogP contribution in [0.15, 0.2) is 47.3 Å². The van der Waals surface area contributed by atoms with E-state index >= 15 is 0 Å². The van der Waals surface area contributed by atoms with Crippen molar-refractivity contribution in [1.82, 2.24) is 15.1 Å². The van der Waals surface area contributed by atoms with Gasteiger partial charge in [0.05, 0.1) is 5.39 Å². The molecule has 0 amide bonds. The van der Waals surface area contributed by atoms with E-state index in [0.29, 0.717) is 22.8 Å². The van der Waals surface area contributed by atoms with Gasteiger partial charge in [-0.3, -0.25) is 19.3 Å². The minimum Gasteiger partial charge on any atom is -0.483 e. The molecule has 0 unspecified atom stereocenters. The summed E-state index contributed by atoms with van der Waals surface area (Å²) in [5, 5.41) is 14.1. The summed E-state index contributed by atoms with van der Waals surface area (Å²) >= 11 is 6.08. The van der Waals surface area contributed by atoms with E-state index in [0.717, 1.165) is 25.2 Å². The summed E-state index contributed by atoms with van der Waals surface area (Å²) in [6.45, 7) is 2.98. The highest BCUT2D eigenvalue weighted by molar-refractivity contribution is 6.34. The Bertz CT molecular complexity index is 1120. The zero-order valence-electron chi connectivity index (χ0n) is 17.0. The molecular weight excluding hydrogens is 418 g/mol. The lowest BCUT2D eigenvalue weighted by Crippen LogP contribution is -2.29. The second-order valence-corrected chi connectivity index (χ2v) is 7.82. The van der Waals surface area contributed by atoms with Crippen LogP contribution in [0.25, 0.3) is 10.8 Å². The number of aromatic nitrogens is 2. The molecule has 1 saturated heterocycles. The fourth-order valence-electron chi connectivity index (χ4n) is 3.81. The van der Waals surface area contributed by atoms with Crippen molar-refractivity contribution in [2.45, 2.75) is 32.2 Å².